The van der Waals surface area contributed by atoms with Gasteiger partial charge in [0.25, 0.3) is 0 Å². The van der Waals surface area contributed by atoms with Crippen LogP contribution in [0.25, 0.3) is 0 Å². The maximum atomic E-state index is 12.8. The lowest BCUT2D eigenvalue weighted by Crippen LogP contribution is -2.51. The molecule has 0 aromatic carbocycles. The molecule has 3 rings (SSSR count). The lowest BCUT2D eigenvalue weighted by Gasteiger charge is -2.38. The summed E-state index contributed by atoms with van der Waals surface area (Å²) in [5, 5.41) is 0. The van der Waals surface area contributed by atoms with Gasteiger partial charge in [0.15, 0.2) is 0 Å². The van der Waals surface area contributed by atoms with E-state index < -0.39 is 0 Å². The van der Waals surface area contributed by atoms with E-state index in [9.17, 15) is 4.79 Å². The smallest absolute Gasteiger partial charge is 0.225 e. The molecule has 1 amide bonds. The molecule has 1 aromatic rings. The van der Waals surface area contributed by atoms with Gasteiger partial charge in [0.1, 0.15) is 11.6 Å². The molecule has 1 aromatic heterocycles. The van der Waals surface area contributed by atoms with Crippen LogP contribution >= 0.6 is 0 Å². The number of hydrogen-bond acceptors (Lipinski definition) is 4. The third-order valence-corrected chi connectivity index (χ3v) is 5.65. The molecule has 1 aliphatic carbocycles. The van der Waals surface area contributed by atoms with Gasteiger partial charge in [-0.1, -0.05) is 33.1 Å². The number of nitrogens with zero attached hydrogens (tertiary/aromatic N) is 4. The summed E-state index contributed by atoms with van der Waals surface area (Å²) < 4.78 is 0. The molecular formula is C20H32N4O. The second kappa shape index (κ2) is 7.71. The van der Waals surface area contributed by atoms with E-state index in [1.54, 1.807) is 0 Å². The zero-order valence-corrected chi connectivity index (χ0v) is 16.2. The molecule has 1 saturated heterocycles. The molecule has 2 aliphatic rings. The van der Waals surface area contributed by atoms with Gasteiger partial charge in [-0.15, -0.1) is 0 Å². The van der Waals surface area contributed by atoms with Crippen LogP contribution in [0.5, 0.6) is 0 Å². The Bertz CT molecular complexity index is 614. The molecule has 0 atom stereocenters. The molecule has 0 unspecified atom stereocenters. The van der Waals surface area contributed by atoms with Gasteiger partial charge in [-0.05, 0) is 32.6 Å². The van der Waals surface area contributed by atoms with Gasteiger partial charge in [0.05, 0.1) is 0 Å². The molecule has 1 aliphatic heterocycles. The van der Waals surface area contributed by atoms with Crippen LogP contribution in [0.1, 0.15) is 69.0 Å². The summed E-state index contributed by atoms with van der Waals surface area (Å²) in [4.78, 5) is 26.5. The maximum Gasteiger partial charge on any atom is 0.225 e. The summed E-state index contributed by atoms with van der Waals surface area (Å²) in [7, 11) is 0. The second-order valence-electron chi connectivity index (χ2n) is 7.90. The maximum absolute atomic E-state index is 12.8. The zero-order valence-electron chi connectivity index (χ0n) is 16.2. The molecule has 2 heterocycles. The van der Waals surface area contributed by atoms with Crippen LogP contribution < -0.4 is 4.90 Å². The fraction of sp³-hybridized carbons (Fsp3) is 0.750. The number of aryl methyl sites for hydroxylation is 2. The lowest BCUT2D eigenvalue weighted by atomic mass is 9.88. The van der Waals surface area contributed by atoms with Gasteiger partial charge in [-0.25, -0.2) is 9.97 Å². The molecule has 2 fully saturated rings. The highest BCUT2D eigenvalue weighted by Crippen LogP contribution is 2.30. The Morgan fingerprint density at radius 2 is 1.64 bits per heavy atom. The number of hydrogen-bond donors (Lipinski definition) is 0. The van der Waals surface area contributed by atoms with Crippen LogP contribution in [0, 0.1) is 19.8 Å². The summed E-state index contributed by atoms with van der Waals surface area (Å²) in [5.74, 6) is 2.97. The Kier molecular flexibility index (Phi) is 5.60. The van der Waals surface area contributed by atoms with Crippen LogP contribution in [0.15, 0.2) is 0 Å². The minimum Gasteiger partial charge on any atom is -0.353 e. The predicted octanol–water partition coefficient (Wildman–Crippen LogP) is 3.45. The van der Waals surface area contributed by atoms with Crippen LogP contribution in [0.3, 0.4) is 0 Å². The minimum atomic E-state index is 0.273. The average molecular weight is 345 g/mol. The molecule has 0 spiro atoms. The Morgan fingerprint density at radius 3 is 2.24 bits per heavy atom. The van der Waals surface area contributed by atoms with E-state index in [4.69, 9.17) is 4.98 Å². The Balaban J connectivity index is 1.69. The molecule has 0 bridgehead atoms. The van der Waals surface area contributed by atoms with Crippen molar-refractivity contribution in [1.29, 1.82) is 0 Å². The van der Waals surface area contributed by atoms with Gasteiger partial charge in [-0.3, -0.25) is 4.79 Å². The van der Waals surface area contributed by atoms with Crippen LogP contribution in [0.2, 0.25) is 0 Å². The van der Waals surface area contributed by atoms with Crippen molar-refractivity contribution in [2.45, 2.75) is 65.7 Å². The summed E-state index contributed by atoms with van der Waals surface area (Å²) in [5.41, 5.74) is 2.33. The van der Waals surface area contributed by atoms with E-state index in [2.05, 4.69) is 35.6 Å². The van der Waals surface area contributed by atoms with Crippen molar-refractivity contribution in [2.24, 2.45) is 5.92 Å². The highest BCUT2D eigenvalue weighted by Gasteiger charge is 2.30. The first-order chi connectivity index (χ1) is 12.0. The number of anilines is 1. The van der Waals surface area contributed by atoms with E-state index in [0.29, 0.717) is 11.8 Å². The number of rotatable bonds is 3. The van der Waals surface area contributed by atoms with Crippen molar-refractivity contribution >= 4 is 11.7 Å². The fourth-order valence-electron chi connectivity index (χ4n) is 4.37. The Hall–Kier alpha value is -1.65. The number of carbonyl (C=O) groups is 1. The van der Waals surface area contributed by atoms with Crippen LogP contribution in [-0.4, -0.2) is 47.0 Å². The first-order valence-corrected chi connectivity index (χ1v) is 9.86. The van der Waals surface area contributed by atoms with Crippen molar-refractivity contribution < 1.29 is 4.79 Å². The minimum absolute atomic E-state index is 0.273. The van der Waals surface area contributed by atoms with Crippen molar-refractivity contribution in [3.63, 3.8) is 0 Å². The third kappa shape index (κ3) is 3.96. The largest absolute Gasteiger partial charge is 0.353 e. The Labute approximate surface area is 151 Å². The molecule has 0 N–H and O–H groups in total. The molecule has 5 heteroatoms. The molecule has 25 heavy (non-hydrogen) atoms. The topological polar surface area (TPSA) is 49.3 Å². The monoisotopic (exact) mass is 344 g/mol. The van der Waals surface area contributed by atoms with Gasteiger partial charge in [0, 0.05) is 43.4 Å². The predicted molar refractivity (Wildman–Crippen MR) is 101 cm³/mol. The van der Waals surface area contributed by atoms with E-state index in [1.807, 2.05) is 6.92 Å². The standard InChI is InChI=1S/C20H32N4O/c1-14(2)18-15(3)21-16(4)22-19(18)23-10-12-24(13-11-23)20(25)17-8-6-5-7-9-17/h14,17H,5-13H2,1-4H3. The molecular weight excluding hydrogens is 312 g/mol. The highest BCUT2D eigenvalue weighted by molar-refractivity contribution is 5.79. The van der Waals surface area contributed by atoms with Crippen molar-refractivity contribution in [3.8, 4) is 0 Å². The normalized spacial score (nSPS) is 19.6. The van der Waals surface area contributed by atoms with Gasteiger partial charge < -0.3 is 9.80 Å². The molecule has 5 nitrogen and oxygen atoms in total. The quantitative estimate of drug-likeness (QED) is 0.843. The van der Waals surface area contributed by atoms with Crippen LogP contribution in [0.4, 0.5) is 5.82 Å². The summed E-state index contributed by atoms with van der Waals surface area (Å²) in [6.07, 6.45) is 5.89. The number of carbonyl (C=O) groups excluding carboxylic acids is 1. The first kappa shape index (κ1) is 18.2. The zero-order chi connectivity index (χ0) is 18.0. The molecule has 138 valence electrons. The summed E-state index contributed by atoms with van der Waals surface area (Å²) in [6, 6.07) is 0. The van der Waals surface area contributed by atoms with Crippen molar-refractivity contribution in [3.05, 3.63) is 17.1 Å². The van der Waals surface area contributed by atoms with Gasteiger partial charge in [-0.2, -0.15) is 0 Å². The average Bonchev–Trinajstić information content (AvgIpc) is 2.61. The second-order valence-corrected chi connectivity index (χ2v) is 7.90. The molecule has 1 saturated carbocycles. The van der Waals surface area contributed by atoms with E-state index in [1.165, 1.54) is 24.8 Å². The van der Waals surface area contributed by atoms with E-state index >= 15 is 0 Å². The Morgan fingerprint density at radius 1 is 1.00 bits per heavy atom. The number of aromatic nitrogens is 2. The SMILES string of the molecule is Cc1nc(C)c(C(C)C)c(N2CCN(C(=O)C3CCCCC3)CC2)n1. The third-order valence-electron chi connectivity index (χ3n) is 5.65. The number of piperazine rings is 1. The van der Waals surface area contributed by atoms with Crippen molar-refractivity contribution in [2.75, 3.05) is 31.1 Å². The first-order valence-electron chi connectivity index (χ1n) is 9.86. The summed E-state index contributed by atoms with van der Waals surface area (Å²) >= 11 is 0. The van der Waals surface area contributed by atoms with E-state index in [0.717, 1.165) is 56.4 Å². The fourth-order valence-corrected chi connectivity index (χ4v) is 4.37. The van der Waals surface area contributed by atoms with Crippen LogP contribution in [-0.2, 0) is 4.79 Å². The summed E-state index contributed by atoms with van der Waals surface area (Å²) in [6.45, 7) is 11.8. The highest BCUT2D eigenvalue weighted by atomic mass is 16.2. The number of amides is 1. The van der Waals surface area contributed by atoms with Crippen molar-refractivity contribution in [1.82, 2.24) is 14.9 Å². The molecule has 0 radical (unpaired) electrons. The van der Waals surface area contributed by atoms with Gasteiger partial charge >= 0.3 is 0 Å². The van der Waals surface area contributed by atoms with E-state index in [-0.39, 0.29) is 5.92 Å². The lowest BCUT2D eigenvalue weighted by molar-refractivity contribution is -0.136. The van der Waals surface area contributed by atoms with Gasteiger partial charge in [0.2, 0.25) is 5.91 Å².